The van der Waals surface area contributed by atoms with E-state index in [0.717, 1.165) is 36.9 Å². The van der Waals surface area contributed by atoms with E-state index in [4.69, 9.17) is 0 Å². The van der Waals surface area contributed by atoms with Crippen LogP contribution in [-0.2, 0) is 4.79 Å². The first-order valence-electron chi connectivity index (χ1n) is 8.78. The fourth-order valence-electron chi connectivity index (χ4n) is 4.15. The smallest absolute Gasteiger partial charge is 0.320 e. The van der Waals surface area contributed by atoms with Crippen molar-refractivity contribution < 1.29 is 13.6 Å². The van der Waals surface area contributed by atoms with Crippen LogP contribution in [0.5, 0.6) is 0 Å². The average molecular weight is 348 g/mol. The van der Waals surface area contributed by atoms with Crippen molar-refractivity contribution in [1.82, 2.24) is 20.2 Å². The standard InChI is InChI=1S/C18H22F2N4O/c1-11(22-16(25)12-10-18(12)6-8-21-9-7-18)15-23-13-4-2-3-5-14(13)24(15)17(19)20/h2-5,11-12,17,21H,6-10H2,1H3,(H,22,25). The molecule has 4 rings (SSSR count). The molecule has 2 N–H and O–H groups in total. The summed E-state index contributed by atoms with van der Waals surface area (Å²) in [6.45, 7) is 0.912. The van der Waals surface area contributed by atoms with Gasteiger partial charge in [-0.1, -0.05) is 12.1 Å². The van der Waals surface area contributed by atoms with E-state index in [9.17, 15) is 13.6 Å². The predicted molar refractivity (Wildman–Crippen MR) is 90.2 cm³/mol. The van der Waals surface area contributed by atoms with Gasteiger partial charge in [0.15, 0.2) is 0 Å². The molecule has 1 saturated heterocycles. The highest BCUT2D eigenvalue weighted by Crippen LogP contribution is 2.58. The number of hydrogen-bond acceptors (Lipinski definition) is 3. The van der Waals surface area contributed by atoms with Crippen LogP contribution in [0.1, 0.15) is 44.6 Å². The molecule has 1 aliphatic heterocycles. The van der Waals surface area contributed by atoms with Crippen molar-refractivity contribution >= 4 is 16.9 Å². The van der Waals surface area contributed by atoms with E-state index in [2.05, 4.69) is 15.6 Å². The number of fused-ring (bicyclic) bond motifs is 1. The minimum atomic E-state index is -2.70. The van der Waals surface area contributed by atoms with E-state index in [0.29, 0.717) is 11.0 Å². The molecule has 1 aromatic heterocycles. The summed E-state index contributed by atoms with van der Waals surface area (Å²) in [6, 6.07) is 6.24. The van der Waals surface area contributed by atoms with Crippen LogP contribution in [-0.4, -0.2) is 28.5 Å². The number of halogens is 2. The van der Waals surface area contributed by atoms with Crippen molar-refractivity contribution in [2.24, 2.45) is 11.3 Å². The minimum Gasteiger partial charge on any atom is -0.346 e. The van der Waals surface area contributed by atoms with Gasteiger partial charge >= 0.3 is 6.55 Å². The summed E-state index contributed by atoms with van der Waals surface area (Å²) in [5.41, 5.74) is 1.02. The number of alkyl halides is 2. The maximum Gasteiger partial charge on any atom is 0.320 e. The van der Waals surface area contributed by atoms with E-state index in [1.807, 2.05) is 0 Å². The average Bonchev–Trinajstić information content (AvgIpc) is 3.14. The van der Waals surface area contributed by atoms with Crippen LogP contribution in [0.15, 0.2) is 24.3 Å². The zero-order chi connectivity index (χ0) is 17.6. The second-order valence-corrected chi connectivity index (χ2v) is 7.21. The van der Waals surface area contributed by atoms with Crippen LogP contribution in [0.25, 0.3) is 11.0 Å². The number of hydrogen-bond donors (Lipinski definition) is 2. The van der Waals surface area contributed by atoms with Gasteiger partial charge in [0.2, 0.25) is 5.91 Å². The second kappa shape index (κ2) is 6.05. The van der Waals surface area contributed by atoms with Gasteiger partial charge in [-0.05, 0) is 56.8 Å². The first-order chi connectivity index (χ1) is 12.0. The predicted octanol–water partition coefficient (Wildman–Crippen LogP) is 3.00. The Hall–Kier alpha value is -2.02. The monoisotopic (exact) mass is 348 g/mol. The van der Waals surface area contributed by atoms with Gasteiger partial charge in [-0.3, -0.25) is 9.36 Å². The molecule has 1 aromatic carbocycles. The molecule has 25 heavy (non-hydrogen) atoms. The largest absolute Gasteiger partial charge is 0.346 e. The van der Waals surface area contributed by atoms with Crippen LogP contribution in [0.4, 0.5) is 8.78 Å². The number of carbonyl (C=O) groups excluding carboxylic acids is 1. The number of para-hydroxylation sites is 2. The van der Waals surface area contributed by atoms with Crippen molar-refractivity contribution in [3.8, 4) is 0 Å². The summed E-state index contributed by atoms with van der Waals surface area (Å²) in [7, 11) is 0. The Morgan fingerprint density at radius 3 is 2.80 bits per heavy atom. The quantitative estimate of drug-likeness (QED) is 0.893. The van der Waals surface area contributed by atoms with Gasteiger partial charge in [-0.15, -0.1) is 0 Å². The molecule has 1 aliphatic carbocycles. The highest BCUT2D eigenvalue weighted by molar-refractivity contribution is 5.83. The number of carbonyl (C=O) groups is 1. The molecule has 2 aliphatic rings. The van der Waals surface area contributed by atoms with Crippen LogP contribution in [0, 0.1) is 11.3 Å². The van der Waals surface area contributed by atoms with Gasteiger partial charge in [-0.2, -0.15) is 8.78 Å². The number of rotatable bonds is 4. The Morgan fingerprint density at radius 1 is 1.36 bits per heavy atom. The van der Waals surface area contributed by atoms with E-state index >= 15 is 0 Å². The Morgan fingerprint density at radius 2 is 2.08 bits per heavy atom. The summed E-state index contributed by atoms with van der Waals surface area (Å²) in [4.78, 5) is 16.9. The molecule has 2 unspecified atom stereocenters. The third-order valence-electron chi connectivity index (χ3n) is 5.67. The summed E-state index contributed by atoms with van der Waals surface area (Å²) >= 11 is 0. The van der Waals surface area contributed by atoms with Gasteiger partial charge in [0.25, 0.3) is 0 Å². The Balaban J connectivity index is 1.53. The first kappa shape index (κ1) is 16.4. The normalized spacial score (nSPS) is 23.1. The maximum atomic E-state index is 13.5. The molecule has 1 amide bonds. The molecule has 2 heterocycles. The fourth-order valence-corrected chi connectivity index (χ4v) is 4.15. The van der Waals surface area contributed by atoms with Crippen molar-refractivity contribution in [3.63, 3.8) is 0 Å². The van der Waals surface area contributed by atoms with Crippen LogP contribution in [0.3, 0.4) is 0 Å². The van der Waals surface area contributed by atoms with E-state index in [1.165, 1.54) is 0 Å². The minimum absolute atomic E-state index is 0.00132. The van der Waals surface area contributed by atoms with Crippen molar-refractivity contribution in [2.45, 2.75) is 38.8 Å². The Labute approximate surface area is 144 Å². The highest BCUT2D eigenvalue weighted by atomic mass is 19.3. The molecule has 0 radical (unpaired) electrons. The van der Waals surface area contributed by atoms with Crippen molar-refractivity contribution in [2.75, 3.05) is 13.1 Å². The van der Waals surface area contributed by atoms with Crippen LogP contribution in [0.2, 0.25) is 0 Å². The molecule has 2 atom stereocenters. The molecular weight excluding hydrogens is 326 g/mol. The lowest BCUT2D eigenvalue weighted by Crippen LogP contribution is -2.35. The summed E-state index contributed by atoms with van der Waals surface area (Å²) < 4.78 is 28.0. The lowest BCUT2D eigenvalue weighted by molar-refractivity contribution is -0.124. The Bertz CT molecular complexity index is 797. The third-order valence-corrected chi connectivity index (χ3v) is 5.67. The number of aromatic nitrogens is 2. The molecule has 5 nitrogen and oxygen atoms in total. The molecule has 134 valence electrons. The second-order valence-electron chi connectivity index (χ2n) is 7.21. The number of imidazole rings is 1. The van der Waals surface area contributed by atoms with E-state index < -0.39 is 12.6 Å². The fraction of sp³-hybridized carbons (Fsp3) is 0.556. The van der Waals surface area contributed by atoms with E-state index in [-0.39, 0.29) is 23.1 Å². The third kappa shape index (κ3) is 2.80. The van der Waals surface area contributed by atoms with Gasteiger partial charge in [0, 0.05) is 5.92 Å². The number of nitrogens with zero attached hydrogens (tertiary/aromatic N) is 2. The van der Waals surface area contributed by atoms with E-state index in [1.54, 1.807) is 31.2 Å². The van der Waals surface area contributed by atoms with Gasteiger partial charge in [0.1, 0.15) is 5.82 Å². The molecular formula is C18H22F2N4O. The zero-order valence-corrected chi connectivity index (χ0v) is 14.1. The molecule has 0 bridgehead atoms. The lowest BCUT2D eigenvalue weighted by Gasteiger charge is -2.23. The maximum absolute atomic E-state index is 13.5. The molecule has 2 aromatic rings. The summed E-state index contributed by atoms with van der Waals surface area (Å²) in [6.07, 6.45) is 2.92. The topological polar surface area (TPSA) is 59.0 Å². The zero-order valence-electron chi connectivity index (χ0n) is 14.1. The molecule has 2 fully saturated rings. The molecule has 7 heteroatoms. The SMILES string of the molecule is CC(NC(=O)C1CC12CCNCC2)c1nc2ccccc2n1C(F)F. The van der Waals surface area contributed by atoms with Gasteiger partial charge in [0.05, 0.1) is 17.1 Å². The lowest BCUT2D eigenvalue weighted by atomic mass is 9.91. The molecule has 1 spiro atoms. The Kier molecular flexibility index (Phi) is 3.98. The highest BCUT2D eigenvalue weighted by Gasteiger charge is 2.57. The van der Waals surface area contributed by atoms with Crippen LogP contribution < -0.4 is 10.6 Å². The van der Waals surface area contributed by atoms with Gasteiger partial charge in [-0.25, -0.2) is 4.98 Å². The number of nitrogens with one attached hydrogen (secondary N) is 2. The van der Waals surface area contributed by atoms with Crippen molar-refractivity contribution in [1.29, 1.82) is 0 Å². The number of piperidine rings is 1. The summed E-state index contributed by atoms with van der Waals surface area (Å²) in [5.74, 6) is 0.160. The number of amides is 1. The first-order valence-corrected chi connectivity index (χ1v) is 8.78. The van der Waals surface area contributed by atoms with Crippen molar-refractivity contribution in [3.05, 3.63) is 30.1 Å². The summed E-state index contributed by atoms with van der Waals surface area (Å²) in [5, 5.41) is 6.22. The van der Waals surface area contributed by atoms with Crippen LogP contribution >= 0.6 is 0 Å². The number of benzene rings is 1. The van der Waals surface area contributed by atoms with Gasteiger partial charge < -0.3 is 10.6 Å². The molecule has 1 saturated carbocycles.